The molecule has 56 valence electrons. The van der Waals surface area contributed by atoms with Crippen molar-refractivity contribution in [1.82, 2.24) is 9.19 Å². The Hall–Kier alpha value is -0.440. The third kappa shape index (κ3) is 1.34. The summed E-state index contributed by atoms with van der Waals surface area (Å²) in [7, 11) is 0. The summed E-state index contributed by atoms with van der Waals surface area (Å²) in [4.78, 5) is 0. The van der Waals surface area contributed by atoms with Crippen LogP contribution in [0.5, 0.6) is 0 Å². The van der Waals surface area contributed by atoms with Gasteiger partial charge in [-0.25, -0.2) is 4.09 Å². The van der Waals surface area contributed by atoms with E-state index in [1.807, 2.05) is 16.5 Å². The van der Waals surface area contributed by atoms with Crippen molar-refractivity contribution in [3.8, 4) is 0 Å². The van der Waals surface area contributed by atoms with Crippen LogP contribution in [0.3, 0.4) is 0 Å². The third-order valence-electron chi connectivity index (χ3n) is 1.40. The second-order valence-corrected chi connectivity index (χ2v) is 3.18. The average molecular weight is 156 g/mol. The van der Waals surface area contributed by atoms with Crippen molar-refractivity contribution in [2.24, 2.45) is 0 Å². The number of hydrogen-bond acceptors (Lipinski definition) is 2. The van der Waals surface area contributed by atoms with E-state index in [-0.39, 0.29) is 0 Å². The van der Waals surface area contributed by atoms with Gasteiger partial charge in [0.25, 0.3) is 0 Å². The number of nitrogens with zero attached hydrogens (tertiary/aromatic N) is 2. The van der Waals surface area contributed by atoms with Crippen molar-refractivity contribution in [3.05, 3.63) is 18.0 Å². The molecule has 0 radical (unpaired) electrons. The zero-order chi connectivity index (χ0) is 7.56. The van der Waals surface area contributed by atoms with E-state index < -0.39 is 0 Å². The second-order valence-electron chi connectivity index (χ2n) is 2.47. The summed E-state index contributed by atoms with van der Waals surface area (Å²) in [5.74, 6) is 0.565. The molecule has 3 heteroatoms. The van der Waals surface area contributed by atoms with Crippen LogP contribution in [0.1, 0.15) is 25.5 Å². The molecule has 1 aromatic heterocycles. The molecule has 0 unspecified atom stereocenters. The Morgan fingerprint density at radius 1 is 1.60 bits per heavy atom. The second kappa shape index (κ2) is 3.10. The summed E-state index contributed by atoms with van der Waals surface area (Å²) in [5.41, 5.74) is 1.28. The topological polar surface area (TPSA) is 17.8 Å². The fourth-order valence-electron chi connectivity index (χ4n) is 0.867. The standard InChI is InChI=1S/C7H12N2S/c1-6(2)7-4-5-8-9(7)10-3/h4-6H,1-3H3. The lowest BCUT2D eigenvalue weighted by molar-refractivity contribution is 0.787. The molecule has 0 atom stereocenters. The number of rotatable bonds is 2. The lowest BCUT2D eigenvalue weighted by Crippen LogP contribution is -1.96. The monoisotopic (exact) mass is 156 g/mol. The van der Waals surface area contributed by atoms with Crippen LogP contribution in [0.25, 0.3) is 0 Å². The fraction of sp³-hybridized carbons (Fsp3) is 0.571. The number of hydrogen-bond donors (Lipinski definition) is 0. The van der Waals surface area contributed by atoms with Crippen molar-refractivity contribution in [2.45, 2.75) is 19.8 Å². The lowest BCUT2D eigenvalue weighted by atomic mass is 10.1. The quantitative estimate of drug-likeness (QED) is 0.653. The molecule has 0 fully saturated rings. The highest BCUT2D eigenvalue weighted by Crippen LogP contribution is 2.16. The minimum Gasteiger partial charge on any atom is -0.211 e. The van der Waals surface area contributed by atoms with E-state index in [2.05, 4.69) is 25.0 Å². The van der Waals surface area contributed by atoms with Crippen LogP contribution in [0.2, 0.25) is 0 Å². The summed E-state index contributed by atoms with van der Waals surface area (Å²) >= 11 is 1.64. The molecule has 0 saturated heterocycles. The van der Waals surface area contributed by atoms with Crippen LogP contribution in [0, 0.1) is 0 Å². The highest BCUT2D eigenvalue weighted by atomic mass is 32.2. The van der Waals surface area contributed by atoms with E-state index in [4.69, 9.17) is 0 Å². The zero-order valence-corrected chi connectivity index (χ0v) is 7.35. The Balaban J connectivity index is 2.90. The van der Waals surface area contributed by atoms with Gasteiger partial charge in [-0.1, -0.05) is 13.8 Å². The average Bonchev–Trinajstić information content (AvgIpc) is 2.33. The molecule has 0 bridgehead atoms. The van der Waals surface area contributed by atoms with Gasteiger partial charge in [-0.2, -0.15) is 5.10 Å². The Labute approximate surface area is 65.8 Å². The van der Waals surface area contributed by atoms with Crippen molar-refractivity contribution in [3.63, 3.8) is 0 Å². The molecule has 1 aromatic rings. The Bertz CT molecular complexity index is 205. The first-order valence-electron chi connectivity index (χ1n) is 3.34. The summed E-state index contributed by atoms with van der Waals surface area (Å²) in [6, 6.07) is 2.06. The van der Waals surface area contributed by atoms with E-state index in [0.717, 1.165) is 0 Å². The smallest absolute Gasteiger partial charge is 0.0538 e. The first-order valence-corrected chi connectivity index (χ1v) is 4.52. The molecule has 0 aliphatic heterocycles. The minimum absolute atomic E-state index is 0.565. The van der Waals surface area contributed by atoms with Gasteiger partial charge in [-0.15, -0.1) is 0 Å². The molecule has 0 N–H and O–H groups in total. The molecule has 0 amide bonds. The Kier molecular flexibility index (Phi) is 2.38. The minimum atomic E-state index is 0.565. The molecule has 1 heterocycles. The Morgan fingerprint density at radius 2 is 2.30 bits per heavy atom. The molecule has 10 heavy (non-hydrogen) atoms. The molecule has 2 nitrogen and oxygen atoms in total. The summed E-state index contributed by atoms with van der Waals surface area (Å²) in [6.45, 7) is 4.34. The molecule has 0 aromatic carbocycles. The van der Waals surface area contributed by atoms with Crippen molar-refractivity contribution in [1.29, 1.82) is 0 Å². The van der Waals surface area contributed by atoms with E-state index in [9.17, 15) is 0 Å². The van der Waals surface area contributed by atoms with Gasteiger partial charge in [-0.3, -0.25) is 0 Å². The molecule has 1 rings (SSSR count). The lowest BCUT2D eigenvalue weighted by Gasteiger charge is -2.05. The maximum atomic E-state index is 4.14. The summed E-state index contributed by atoms with van der Waals surface area (Å²) in [5, 5.41) is 4.14. The molecular weight excluding hydrogens is 144 g/mol. The maximum absolute atomic E-state index is 4.14. The molecule has 0 spiro atoms. The van der Waals surface area contributed by atoms with Gasteiger partial charge in [0.15, 0.2) is 0 Å². The van der Waals surface area contributed by atoms with Crippen LogP contribution in [-0.2, 0) is 0 Å². The van der Waals surface area contributed by atoms with Crippen LogP contribution >= 0.6 is 11.9 Å². The van der Waals surface area contributed by atoms with Crippen molar-refractivity contribution < 1.29 is 0 Å². The van der Waals surface area contributed by atoms with Gasteiger partial charge in [0.2, 0.25) is 0 Å². The number of aromatic nitrogens is 2. The molecule has 0 aliphatic rings. The van der Waals surface area contributed by atoms with Gasteiger partial charge in [0.05, 0.1) is 11.9 Å². The largest absolute Gasteiger partial charge is 0.211 e. The van der Waals surface area contributed by atoms with E-state index in [1.165, 1.54) is 5.69 Å². The third-order valence-corrected chi connectivity index (χ3v) is 2.05. The normalized spacial score (nSPS) is 10.8. The fourth-order valence-corrected chi connectivity index (χ4v) is 1.50. The van der Waals surface area contributed by atoms with Gasteiger partial charge < -0.3 is 0 Å². The maximum Gasteiger partial charge on any atom is 0.0538 e. The van der Waals surface area contributed by atoms with Crippen LogP contribution < -0.4 is 0 Å². The van der Waals surface area contributed by atoms with Crippen LogP contribution in [0.4, 0.5) is 0 Å². The van der Waals surface area contributed by atoms with Gasteiger partial charge in [-0.05, 0) is 23.9 Å². The SMILES string of the molecule is CSn1nccc1C(C)C. The van der Waals surface area contributed by atoms with E-state index >= 15 is 0 Å². The predicted molar refractivity (Wildman–Crippen MR) is 45.2 cm³/mol. The first kappa shape index (κ1) is 7.66. The zero-order valence-electron chi connectivity index (χ0n) is 6.53. The molecule has 0 saturated carbocycles. The Morgan fingerprint density at radius 3 is 2.70 bits per heavy atom. The highest BCUT2D eigenvalue weighted by Gasteiger charge is 2.04. The molecular formula is C7H12N2S. The van der Waals surface area contributed by atoms with Gasteiger partial charge in [0, 0.05) is 6.26 Å². The van der Waals surface area contributed by atoms with Crippen molar-refractivity contribution >= 4 is 11.9 Å². The van der Waals surface area contributed by atoms with E-state index in [0.29, 0.717) is 5.92 Å². The van der Waals surface area contributed by atoms with Crippen LogP contribution in [-0.4, -0.2) is 15.4 Å². The van der Waals surface area contributed by atoms with Gasteiger partial charge >= 0.3 is 0 Å². The predicted octanol–water partition coefficient (Wildman–Crippen LogP) is 2.13. The molecule has 0 aliphatic carbocycles. The summed E-state index contributed by atoms with van der Waals surface area (Å²) in [6.07, 6.45) is 3.87. The van der Waals surface area contributed by atoms with Gasteiger partial charge in [0.1, 0.15) is 0 Å². The highest BCUT2D eigenvalue weighted by molar-refractivity contribution is 7.97. The van der Waals surface area contributed by atoms with E-state index in [1.54, 1.807) is 11.9 Å². The van der Waals surface area contributed by atoms with Crippen molar-refractivity contribution in [2.75, 3.05) is 6.26 Å². The summed E-state index contributed by atoms with van der Waals surface area (Å²) < 4.78 is 1.95. The first-order chi connectivity index (χ1) is 4.75. The van der Waals surface area contributed by atoms with Crippen LogP contribution in [0.15, 0.2) is 12.3 Å².